The van der Waals surface area contributed by atoms with Crippen LogP contribution in [0, 0.1) is 19.8 Å². The third-order valence-corrected chi connectivity index (χ3v) is 6.66. The third kappa shape index (κ3) is 7.06. The van der Waals surface area contributed by atoms with E-state index in [9.17, 15) is 0 Å². The van der Waals surface area contributed by atoms with E-state index >= 15 is 0 Å². The van der Waals surface area contributed by atoms with Gasteiger partial charge in [0.2, 0.25) is 0 Å². The molecule has 0 bridgehead atoms. The van der Waals surface area contributed by atoms with Gasteiger partial charge >= 0.3 is 0 Å². The number of hydrogen-bond acceptors (Lipinski definition) is 4. The lowest BCUT2D eigenvalue weighted by Crippen LogP contribution is -2.50. The van der Waals surface area contributed by atoms with Gasteiger partial charge in [-0.15, -0.1) is 24.0 Å². The summed E-state index contributed by atoms with van der Waals surface area (Å²) in [6.07, 6.45) is 6.55. The zero-order chi connectivity index (χ0) is 22.3. The fourth-order valence-electron chi connectivity index (χ4n) is 4.69. The number of halogens is 1. The van der Waals surface area contributed by atoms with Crippen molar-refractivity contribution in [1.82, 2.24) is 15.6 Å². The van der Waals surface area contributed by atoms with Crippen LogP contribution in [0.4, 0.5) is 5.82 Å². The highest BCUT2D eigenvalue weighted by molar-refractivity contribution is 14.0. The summed E-state index contributed by atoms with van der Waals surface area (Å²) in [6, 6.07) is 13.5. The smallest absolute Gasteiger partial charge is 0.191 e. The van der Waals surface area contributed by atoms with Crippen molar-refractivity contribution in [3.63, 3.8) is 0 Å². The SMILES string of the molecule is CN=C(NCC1CCCOC1c1ccc(C)cc1)NC1CCN(c2ccc(C)cn2)CC1.I. The summed E-state index contributed by atoms with van der Waals surface area (Å²) in [5, 5.41) is 7.22. The van der Waals surface area contributed by atoms with Crippen molar-refractivity contribution in [2.24, 2.45) is 10.9 Å². The van der Waals surface area contributed by atoms with Gasteiger partial charge in [0.1, 0.15) is 5.82 Å². The molecule has 2 N–H and O–H groups in total. The molecular weight excluding hydrogens is 525 g/mol. The Morgan fingerprint density at radius 2 is 1.79 bits per heavy atom. The molecule has 0 aliphatic carbocycles. The van der Waals surface area contributed by atoms with Crippen LogP contribution < -0.4 is 15.5 Å². The third-order valence-electron chi connectivity index (χ3n) is 6.66. The van der Waals surface area contributed by atoms with Gasteiger partial charge in [-0.25, -0.2) is 4.98 Å². The highest BCUT2D eigenvalue weighted by Gasteiger charge is 2.28. The minimum Gasteiger partial charge on any atom is -0.373 e. The maximum Gasteiger partial charge on any atom is 0.191 e. The van der Waals surface area contributed by atoms with Crippen LogP contribution in [0.25, 0.3) is 0 Å². The van der Waals surface area contributed by atoms with Gasteiger partial charge in [0.25, 0.3) is 0 Å². The monoisotopic (exact) mass is 563 g/mol. The van der Waals surface area contributed by atoms with Crippen molar-refractivity contribution >= 4 is 35.8 Å². The van der Waals surface area contributed by atoms with Gasteiger partial charge in [-0.3, -0.25) is 4.99 Å². The van der Waals surface area contributed by atoms with E-state index in [1.807, 2.05) is 13.2 Å². The van der Waals surface area contributed by atoms with Gasteiger partial charge in [0, 0.05) is 51.4 Å². The fraction of sp³-hybridized carbons (Fsp3) is 0.538. The topological polar surface area (TPSA) is 61.8 Å². The number of ether oxygens (including phenoxy) is 1. The highest BCUT2D eigenvalue weighted by Crippen LogP contribution is 2.33. The van der Waals surface area contributed by atoms with E-state index in [2.05, 4.69) is 75.8 Å². The number of anilines is 1. The first kappa shape index (κ1) is 25.7. The Morgan fingerprint density at radius 3 is 2.45 bits per heavy atom. The number of rotatable bonds is 5. The zero-order valence-corrected chi connectivity index (χ0v) is 22.4. The van der Waals surface area contributed by atoms with Crippen LogP contribution >= 0.6 is 24.0 Å². The molecule has 0 saturated carbocycles. The summed E-state index contributed by atoms with van der Waals surface area (Å²) in [6.45, 7) is 7.93. The Hall–Kier alpha value is -1.87. The van der Waals surface area contributed by atoms with E-state index in [-0.39, 0.29) is 30.1 Å². The first-order valence-electron chi connectivity index (χ1n) is 12.0. The van der Waals surface area contributed by atoms with Crippen LogP contribution in [-0.4, -0.2) is 50.3 Å². The molecule has 2 aliphatic rings. The van der Waals surface area contributed by atoms with E-state index in [0.29, 0.717) is 12.0 Å². The molecule has 2 fully saturated rings. The van der Waals surface area contributed by atoms with Gasteiger partial charge in [-0.05, 0) is 56.7 Å². The first-order chi connectivity index (χ1) is 15.6. The number of guanidine groups is 1. The van der Waals surface area contributed by atoms with Crippen LogP contribution in [0.5, 0.6) is 0 Å². The number of aliphatic imine (C=N–C) groups is 1. The van der Waals surface area contributed by atoms with Crippen LogP contribution in [0.3, 0.4) is 0 Å². The normalized spacial score (nSPS) is 21.9. The lowest BCUT2D eigenvalue weighted by molar-refractivity contribution is -0.0265. The number of aromatic nitrogens is 1. The van der Waals surface area contributed by atoms with Crippen LogP contribution in [-0.2, 0) is 4.74 Å². The number of pyridine rings is 1. The Balaban J connectivity index is 0.00000306. The van der Waals surface area contributed by atoms with Crippen molar-refractivity contribution in [1.29, 1.82) is 0 Å². The van der Waals surface area contributed by atoms with Gasteiger partial charge < -0.3 is 20.3 Å². The van der Waals surface area contributed by atoms with Crippen molar-refractivity contribution in [3.8, 4) is 0 Å². The summed E-state index contributed by atoms with van der Waals surface area (Å²) in [7, 11) is 1.86. The molecule has 4 rings (SSSR count). The second-order valence-electron chi connectivity index (χ2n) is 9.16. The molecule has 0 radical (unpaired) electrons. The number of nitrogens with zero attached hydrogens (tertiary/aromatic N) is 3. The number of piperidine rings is 1. The quantitative estimate of drug-likeness (QED) is 0.316. The van der Waals surface area contributed by atoms with Crippen LogP contribution in [0.2, 0.25) is 0 Å². The standard InChI is InChI=1S/C26H37N5O.HI/c1-19-6-9-21(10-7-19)25-22(5-4-16-32-25)18-29-26(27-3)30-23-12-14-31(15-13-23)24-11-8-20(2)17-28-24;/h6-11,17,22-23,25H,4-5,12-16,18H2,1-3H3,(H2,27,29,30);1H. The van der Waals surface area contributed by atoms with E-state index in [1.165, 1.54) is 23.1 Å². The van der Waals surface area contributed by atoms with Crippen molar-refractivity contribution in [2.45, 2.75) is 51.7 Å². The number of nitrogens with one attached hydrogen (secondary N) is 2. The molecule has 0 spiro atoms. The zero-order valence-electron chi connectivity index (χ0n) is 20.1. The summed E-state index contributed by atoms with van der Waals surface area (Å²) < 4.78 is 6.18. The Morgan fingerprint density at radius 1 is 1.06 bits per heavy atom. The second-order valence-corrected chi connectivity index (χ2v) is 9.16. The molecule has 2 aliphatic heterocycles. The van der Waals surface area contributed by atoms with E-state index in [0.717, 1.165) is 57.3 Å². The molecule has 2 atom stereocenters. The second kappa shape index (κ2) is 12.6. The minimum absolute atomic E-state index is 0. The van der Waals surface area contributed by atoms with E-state index < -0.39 is 0 Å². The Kier molecular flexibility index (Phi) is 9.79. The molecule has 2 saturated heterocycles. The van der Waals surface area contributed by atoms with E-state index in [1.54, 1.807) is 0 Å². The number of benzene rings is 1. The molecule has 180 valence electrons. The summed E-state index contributed by atoms with van der Waals surface area (Å²) in [4.78, 5) is 11.4. The van der Waals surface area contributed by atoms with Gasteiger partial charge in [-0.2, -0.15) is 0 Å². The average molecular weight is 564 g/mol. The van der Waals surface area contributed by atoms with Crippen molar-refractivity contribution in [3.05, 3.63) is 59.3 Å². The van der Waals surface area contributed by atoms with Crippen LogP contribution in [0.1, 0.15) is 48.5 Å². The summed E-state index contributed by atoms with van der Waals surface area (Å²) >= 11 is 0. The van der Waals surface area contributed by atoms with E-state index in [4.69, 9.17) is 4.74 Å². The Labute approximate surface area is 215 Å². The van der Waals surface area contributed by atoms with Gasteiger partial charge in [0.15, 0.2) is 5.96 Å². The molecule has 6 nitrogen and oxygen atoms in total. The largest absolute Gasteiger partial charge is 0.373 e. The molecule has 2 aromatic rings. The minimum atomic E-state index is 0. The Bertz CT molecular complexity index is 879. The highest BCUT2D eigenvalue weighted by atomic mass is 127. The molecule has 1 aromatic carbocycles. The first-order valence-corrected chi connectivity index (χ1v) is 12.0. The predicted octanol–water partition coefficient (Wildman–Crippen LogP) is 4.62. The van der Waals surface area contributed by atoms with Gasteiger partial charge in [0.05, 0.1) is 6.10 Å². The number of aryl methyl sites for hydroxylation is 2. The molecule has 33 heavy (non-hydrogen) atoms. The lowest BCUT2D eigenvalue weighted by atomic mass is 9.89. The molecule has 0 amide bonds. The number of hydrogen-bond donors (Lipinski definition) is 2. The summed E-state index contributed by atoms with van der Waals surface area (Å²) in [5.41, 5.74) is 3.77. The van der Waals surface area contributed by atoms with Crippen molar-refractivity contribution < 1.29 is 4.74 Å². The van der Waals surface area contributed by atoms with Crippen LogP contribution in [0.15, 0.2) is 47.6 Å². The van der Waals surface area contributed by atoms with Gasteiger partial charge in [-0.1, -0.05) is 35.9 Å². The molecule has 1 aromatic heterocycles. The summed E-state index contributed by atoms with van der Waals surface area (Å²) in [5.74, 6) is 2.42. The lowest BCUT2D eigenvalue weighted by Gasteiger charge is -2.35. The molecule has 3 heterocycles. The van der Waals surface area contributed by atoms with Crippen molar-refractivity contribution in [2.75, 3.05) is 38.2 Å². The predicted molar refractivity (Wildman–Crippen MR) is 147 cm³/mol. The maximum atomic E-state index is 6.18. The average Bonchev–Trinajstić information content (AvgIpc) is 2.83. The molecule has 2 unspecified atom stereocenters. The fourth-order valence-corrected chi connectivity index (χ4v) is 4.69. The maximum absolute atomic E-state index is 6.18. The molecular formula is C26H38IN5O. The molecule has 7 heteroatoms.